The molecule has 0 saturated heterocycles. The fraction of sp³-hybridized carbons (Fsp3) is 0.250. The molecule has 1 aromatic heterocycles. The van der Waals surface area contributed by atoms with Crippen molar-refractivity contribution in [2.24, 2.45) is 0 Å². The Morgan fingerprint density at radius 1 is 1.08 bits per heavy atom. The van der Waals surface area contributed by atoms with Gasteiger partial charge in [0.2, 0.25) is 0 Å². The molecular formula is C20H20FNO3. The average Bonchev–Trinajstić information content (AvgIpc) is 2.61. The highest BCUT2D eigenvalue weighted by molar-refractivity contribution is 5.83. The lowest BCUT2D eigenvalue weighted by Crippen LogP contribution is -2.08. The molecule has 130 valence electrons. The Morgan fingerprint density at radius 2 is 1.84 bits per heavy atom. The van der Waals surface area contributed by atoms with E-state index in [0.717, 1.165) is 16.6 Å². The third-order valence-corrected chi connectivity index (χ3v) is 3.95. The first-order valence-corrected chi connectivity index (χ1v) is 8.13. The van der Waals surface area contributed by atoms with Gasteiger partial charge in [0, 0.05) is 37.7 Å². The Bertz CT molecular complexity index is 916. The molecular weight excluding hydrogens is 321 g/mol. The van der Waals surface area contributed by atoms with Gasteiger partial charge in [0.05, 0.1) is 18.8 Å². The number of nitrogens with zero attached hydrogens (tertiary/aromatic N) is 1. The summed E-state index contributed by atoms with van der Waals surface area (Å²) in [5.41, 5.74) is 2.44. The van der Waals surface area contributed by atoms with Crippen LogP contribution in [0.4, 0.5) is 10.1 Å². The number of anilines is 1. The van der Waals surface area contributed by atoms with Crippen LogP contribution in [-0.2, 0) is 0 Å². The van der Waals surface area contributed by atoms with Crippen molar-refractivity contribution in [3.63, 3.8) is 0 Å². The predicted molar refractivity (Wildman–Crippen MR) is 98.3 cm³/mol. The van der Waals surface area contributed by atoms with Gasteiger partial charge in [-0.05, 0) is 35.9 Å². The molecule has 0 aliphatic heterocycles. The molecule has 0 radical (unpaired) electrons. The van der Waals surface area contributed by atoms with E-state index in [2.05, 4.69) is 0 Å². The zero-order chi connectivity index (χ0) is 17.8. The standard InChI is InChI=1S/C20H20FNO3/c1-22(2)16-7-4-14(5-8-16)18-12-15-6-9-17(24-11-3-10-21)13-19(15)25-20(18)23/h4-9,12-13H,3,10-11H2,1-2H3. The topological polar surface area (TPSA) is 42.7 Å². The Labute approximate surface area is 145 Å². The van der Waals surface area contributed by atoms with Gasteiger partial charge < -0.3 is 14.1 Å². The summed E-state index contributed by atoms with van der Waals surface area (Å²) in [6.45, 7) is -0.124. The summed E-state index contributed by atoms with van der Waals surface area (Å²) in [7, 11) is 3.93. The van der Waals surface area contributed by atoms with Gasteiger partial charge in [-0.1, -0.05) is 12.1 Å². The summed E-state index contributed by atoms with van der Waals surface area (Å²) in [5.74, 6) is 0.562. The molecule has 4 nitrogen and oxygen atoms in total. The summed E-state index contributed by atoms with van der Waals surface area (Å²) in [4.78, 5) is 14.4. The van der Waals surface area contributed by atoms with Gasteiger partial charge in [-0.3, -0.25) is 4.39 Å². The first kappa shape index (κ1) is 17.0. The number of benzene rings is 2. The summed E-state index contributed by atoms with van der Waals surface area (Å²) in [5, 5.41) is 0.809. The highest BCUT2D eigenvalue weighted by Gasteiger charge is 2.09. The number of hydrogen-bond acceptors (Lipinski definition) is 4. The fourth-order valence-electron chi connectivity index (χ4n) is 2.57. The summed E-state index contributed by atoms with van der Waals surface area (Å²) < 4.78 is 23.0. The van der Waals surface area contributed by atoms with E-state index in [-0.39, 0.29) is 0 Å². The van der Waals surface area contributed by atoms with Crippen molar-refractivity contribution < 1.29 is 13.5 Å². The Hall–Kier alpha value is -2.82. The third kappa shape index (κ3) is 3.82. The molecule has 25 heavy (non-hydrogen) atoms. The van der Waals surface area contributed by atoms with E-state index in [4.69, 9.17) is 9.15 Å². The maximum atomic E-state index is 12.4. The SMILES string of the molecule is CN(C)c1ccc(-c2cc3ccc(OCCCF)cc3oc2=O)cc1. The van der Waals surface area contributed by atoms with Crippen LogP contribution < -0.4 is 15.3 Å². The van der Waals surface area contributed by atoms with E-state index in [9.17, 15) is 9.18 Å². The van der Waals surface area contributed by atoms with E-state index in [1.54, 1.807) is 12.1 Å². The highest BCUT2D eigenvalue weighted by atomic mass is 19.1. The smallest absolute Gasteiger partial charge is 0.344 e. The molecule has 3 aromatic rings. The van der Waals surface area contributed by atoms with Gasteiger partial charge in [-0.25, -0.2) is 4.79 Å². The van der Waals surface area contributed by atoms with Crippen molar-refractivity contribution in [2.45, 2.75) is 6.42 Å². The number of alkyl halides is 1. The number of halogens is 1. The first-order chi connectivity index (χ1) is 12.1. The van der Waals surface area contributed by atoms with Gasteiger partial charge in [-0.2, -0.15) is 0 Å². The molecule has 3 rings (SSSR count). The lowest BCUT2D eigenvalue weighted by atomic mass is 10.1. The predicted octanol–water partition coefficient (Wildman–Crippen LogP) is 4.26. The lowest BCUT2D eigenvalue weighted by Gasteiger charge is -2.12. The second-order valence-electron chi connectivity index (χ2n) is 5.98. The van der Waals surface area contributed by atoms with E-state index in [1.165, 1.54) is 0 Å². The normalized spacial score (nSPS) is 10.8. The molecule has 0 aliphatic carbocycles. The molecule has 0 N–H and O–H groups in total. The Balaban J connectivity index is 1.93. The van der Waals surface area contributed by atoms with E-state index in [1.807, 2.05) is 55.4 Å². The average molecular weight is 341 g/mol. The number of fused-ring (bicyclic) bond motifs is 1. The molecule has 2 aromatic carbocycles. The van der Waals surface area contributed by atoms with Crippen molar-refractivity contribution in [1.29, 1.82) is 0 Å². The van der Waals surface area contributed by atoms with Crippen molar-refractivity contribution in [3.05, 3.63) is 59.0 Å². The van der Waals surface area contributed by atoms with E-state index < -0.39 is 12.3 Å². The minimum Gasteiger partial charge on any atom is -0.493 e. The van der Waals surface area contributed by atoms with Gasteiger partial charge in [-0.15, -0.1) is 0 Å². The molecule has 0 fully saturated rings. The fourth-order valence-corrected chi connectivity index (χ4v) is 2.57. The zero-order valence-electron chi connectivity index (χ0n) is 14.3. The van der Waals surface area contributed by atoms with Crippen LogP contribution in [0.3, 0.4) is 0 Å². The summed E-state index contributed by atoms with van der Waals surface area (Å²) in [6, 6.07) is 14.8. The number of ether oxygens (including phenoxy) is 1. The van der Waals surface area contributed by atoms with Crippen LogP contribution in [0.2, 0.25) is 0 Å². The Morgan fingerprint density at radius 3 is 2.52 bits per heavy atom. The van der Waals surface area contributed by atoms with Crippen molar-refractivity contribution >= 4 is 16.7 Å². The quantitative estimate of drug-likeness (QED) is 0.496. The van der Waals surface area contributed by atoms with Crippen LogP contribution in [0.25, 0.3) is 22.1 Å². The largest absolute Gasteiger partial charge is 0.493 e. The molecule has 0 unspecified atom stereocenters. The maximum Gasteiger partial charge on any atom is 0.344 e. The molecule has 0 spiro atoms. The first-order valence-electron chi connectivity index (χ1n) is 8.13. The van der Waals surface area contributed by atoms with Crippen LogP contribution in [0.15, 0.2) is 57.7 Å². The number of hydrogen-bond donors (Lipinski definition) is 0. The molecule has 0 aliphatic rings. The van der Waals surface area contributed by atoms with Gasteiger partial charge >= 0.3 is 5.63 Å². The van der Waals surface area contributed by atoms with Crippen LogP contribution in [0, 0.1) is 0 Å². The maximum absolute atomic E-state index is 12.4. The summed E-state index contributed by atoms with van der Waals surface area (Å²) in [6.07, 6.45) is 0.337. The monoisotopic (exact) mass is 341 g/mol. The summed E-state index contributed by atoms with van der Waals surface area (Å²) >= 11 is 0. The third-order valence-electron chi connectivity index (χ3n) is 3.95. The molecule has 5 heteroatoms. The zero-order valence-corrected chi connectivity index (χ0v) is 14.3. The molecule has 0 saturated carbocycles. The van der Waals surface area contributed by atoms with Gasteiger partial charge in [0.1, 0.15) is 11.3 Å². The van der Waals surface area contributed by atoms with Crippen LogP contribution in [-0.4, -0.2) is 27.4 Å². The Kier molecular flexibility index (Phi) is 5.03. The van der Waals surface area contributed by atoms with Gasteiger partial charge in [0.15, 0.2) is 0 Å². The molecule has 1 heterocycles. The molecule has 0 amide bonds. The molecule has 0 bridgehead atoms. The highest BCUT2D eigenvalue weighted by Crippen LogP contribution is 2.25. The van der Waals surface area contributed by atoms with Crippen LogP contribution >= 0.6 is 0 Å². The second-order valence-corrected chi connectivity index (χ2v) is 5.98. The van der Waals surface area contributed by atoms with Crippen LogP contribution in [0.5, 0.6) is 5.75 Å². The number of rotatable bonds is 6. The van der Waals surface area contributed by atoms with E-state index in [0.29, 0.717) is 29.9 Å². The second kappa shape index (κ2) is 7.38. The lowest BCUT2D eigenvalue weighted by molar-refractivity contribution is 0.289. The van der Waals surface area contributed by atoms with Crippen molar-refractivity contribution in [2.75, 3.05) is 32.3 Å². The van der Waals surface area contributed by atoms with Gasteiger partial charge in [0.25, 0.3) is 0 Å². The van der Waals surface area contributed by atoms with Crippen molar-refractivity contribution in [1.82, 2.24) is 0 Å². The minimum atomic E-state index is -0.418. The minimum absolute atomic E-state index is 0.294. The molecule has 0 atom stereocenters. The van der Waals surface area contributed by atoms with Crippen LogP contribution in [0.1, 0.15) is 6.42 Å². The van der Waals surface area contributed by atoms with E-state index >= 15 is 0 Å². The van der Waals surface area contributed by atoms with Crippen molar-refractivity contribution in [3.8, 4) is 16.9 Å².